The number of fused-ring (bicyclic) bond motifs is 7. The lowest BCUT2D eigenvalue weighted by molar-refractivity contribution is 1.28. The van der Waals surface area contributed by atoms with E-state index in [0.717, 1.165) is 17.1 Å². The summed E-state index contributed by atoms with van der Waals surface area (Å²) in [4.78, 5) is 2.37. The highest BCUT2D eigenvalue weighted by atomic mass is 15.1. The topological polar surface area (TPSA) is 3.24 Å². The van der Waals surface area contributed by atoms with Gasteiger partial charge in [-0.1, -0.05) is 176 Å². The molecule has 12 rings (SSSR count). The Bertz CT molecular complexity index is 3400. The molecule has 1 aliphatic rings. The van der Waals surface area contributed by atoms with Gasteiger partial charge in [-0.05, 0) is 147 Å². The number of hydrogen-bond acceptors (Lipinski definition) is 1. The van der Waals surface area contributed by atoms with Gasteiger partial charge in [0.05, 0.1) is 0 Å². The quantitative estimate of drug-likeness (QED) is 0.153. The molecule has 0 aliphatic heterocycles. The summed E-state index contributed by atoms with van der Waals surface area (Å²) in [6.45, 7) is 0. The highest BCUT2D eigenvalue weighted by molar-refractivity contribution is 6.15. The number of nitrogens with zero attached hydrogens (tertiary/aromatic N) is 1. The van der Waals surface area contributed by atoms with Gasteiger partial charge in [0.2, 0.25) is 0 Å². The van der Waals surface area contributed by atoms with Crippen LogP contribution in [0.2, 0.25) is 0 Å². The molecule has 0 heterocycles. The smallest absolute Gasteiger partial charge is 0.0462 e. The Hall–Kier alpha value is -7.74. The van der Waals surface area contributed by atoms with E-state index in [-0.39, 0.29) is 0 Å². The third-order valence-electron chi connectivity index (χ3n) is 12.4. The van der Waals surface area contributed by atoms with E-state index in [0.29, 0.717) is 0 Å². The van der Waals surface area contributed by atoms with E-state index in [1.807, 2.05) is 0 Å². The van der Waals surface area contributed by atoms with E-state index in [2.05, 4.69) is 229 Å². The van der Waals surface area contributed by atoms with E-state index in [1.165, 1.54) is 98.7 Å². The molecule has 0 unspecified atom stereocenters. The van der Waals surface area contributed by atoms with Crippen LogP contribution in [-0.2, 0) is 0 Å². The molecule has 274 valence electrons. The van der Waals surface area contributed by atoms with Crippen LogP contribution in [0, 0.1) is 0 Å². The van der Waals surface area contributed by atoms with Crippen LogP contribution in [0.5, 0.6) is 0 Å². The Labute approximate surface area is 343 Å². The summed E-state index contributed by atoms with van der Waals surface area (Å²) in [5, 5.41) is 10.3. The van der Waals surface area contributed by atoms with Crippen LogP contribution >= 0.6 is 0 Å². The molecule has 1 heteroatoms. The van der Waals surface area contributed by atoms with E-state index < -0.39 is 0 Å². The van der Waals surface area contributed by atoms with E-state index >= 15 is 0 Å². The van der Waals surface area contributed by atoms with E-state index in [1.54, 1.807) is 0 Å². The van der Waals surface area contributed by atoms with Crippen molar-refractivity contribution < 1.29 is 0 Å². The highest BCUT2D eigenvalue weighted by Gasteiger charge is 2.22. The average molecular weight is 748 g/mol. The molecule has 59 heavy (non-hydrogen) atoms. The zero-order chi connectivity index (χ0) is 38.9. The maximum absolute atomic E-state index is 2.37. The maximum atomic E-state index is 2.37. The van der Waals surface area contributed by atoms with Crippen molar-refractivity contribution in [2.45, 2.75) is 0 Å². The van der Waals surface area contributed by atoms with Gasteiger partial charge in [-0.15, -0.1) is 0 Å². The van der Waals surface area contributed by atoms with Crippen molar-refractivity contribution in [2.24, 2.45) is 0 Å². The Morgan fingerprint density at radius 3 is 1.36 bits per heavy atom. The van der Waals surface area contributed by atoms with Crippen molar-refractivity contribution >= 4 is 60.2 Å². The molecule has 11 aromatic carbocycles. The van der Waals surface area contributed by atoms with Gasteiger partial charge in [0, 0.05) is 17.1 Å². The third-order valence-corrected chi connectivity index (χ3v) is 12.4. The third kappa shape index (κ3) is 5.55. The van der Waals surface area contributed by atoms with Gasteiger partial charge in [-0.3, -0.25) is 0 Å². The minimum Gasteiger partial charge on any atom is -0.311 e. The molecule has 0 saturated carbocycles. The fourth-order valence-corrected chi connectivity index (χ4v) is 9.48. The van der Waals surface area contributed by atoms with Crippen LogP contribution in [0.15, 0.2) is 224 Å². The molecule has 0 spiro atoms. The summed E-state index contributed by atoms with van der Waals surface area (Å²) in [5.41, 5.74) is 15.9. The van der Waals surface area contributed by atoms with Crippen molar-refractivity contribution in [3.8, 4) is 55.6 Å². The second kappa shape index (κ2) is 13.4. The molecular weight excluding hydrogens is 711 g/mol. The summed E-state index contributed by atoms with van der Waals surface area (Å²) >= 11 is 0. The van der Waals surface area contributed by atoms with Crippen LogP contribution in [0.1, 0.15) is 0 Å². The van der Waals surface area contributed by atoms with Crippen LogP contribution < -0.4 is 4.90 Å². The molecule has 1 nitrogen and oxygen atoms in total. The Kier molecular flexibility index (Phi) is 7.61. The van der Waals surface area contributed by atoms with Crippen LogP contribution in [0.4, 0.5) is 17.1 Å². The fourth-order valence-electron chi connectivity index (χ4n) is 9.48. The lowest BCUT2D eigenvalue weighted by Crippen LogP contribution is -2.09. The Morgan fingerprint density at radius 1 is 0.220 bits per heavy atom. The molecular formula is C58H37N. The summed E-state index contributed by atoms with van der Waals surface area (Å²) in [5.74, 6) is 0. The van der Waals surface area contributed by atoms with Crippen molar-refractivity contribution in [2.75, 3.05) is 4.90 Å². The van der Waals surface area contributed by atoms with E-state index in [4.69, 9.17) is 0 Å². The van der Waals surface area contributed by atoms with Crippen LogP contribution in [0.3, 0.4) is 0 Å². The van der Waals surface area contributed by atoms with Gasteiger partial charge in [0.25, 0.3) is 0 Å². The second-order valence-corrected chi connectivity index (χ2v) is 15.7. The molecule has 1 aliphatic carbocycles. The van der Waals surface area contributed by atoms with Crippen molar-refractivity contribution in [1.82, 2.24) is 0 Å². The van der Waals surface area contributed by atoms with Gasteiger partial charge in [-0.2, -0.15) is 0 Å². The molecule has 0 amide bonds. The number of rotatable bonds is 6. The number of benzene rings is 11. The van der Waals surface area contributed by atoms with Gasteiger partial charge in [0.1, 0.15) is 0 Å². The van der Waals surface area contributed by atoms with Crippen molar-refractivity contribution in [3.05, 3.63) is 224 Å². The molecule has 0 fully saturated rings. The van der Waals surface area contributed by atoms with Crippen molar-refractivity contribution in [1.29, 1.82) is 0 Å². The number of anilines is 3. The lowest BCUT2D eigenvalue weighted by Gasteiger charge is -2.26. The molecule has 0 atom stereocenters. The molecule has 0 bridgehead atoms. The molecule has 0 aromatic heterocycles. The SMILES string of the molecule is c1ccc2c(-c3ccc(N(c4ccc(-c5ccc6c(c5)-c5cccc7cccc-6c57)cc4)c4ccc(-c5ccc6c(ccc7ccccc76)c5)cc4)cc3)cccc2c1. The monoisotopic (exact) mass is 747 g/mol. The van der Waals surface area contributed by atoms with Crippen LogP contribution in [-0.4, -0.2) is 0 Å². The first kappa shape index (κ1) is 33.4. The summed E-state index contributed by atoms with van der Waals surface area (Å²) < 4.78 is 0. The zero-order valence-corrected chi connectivity index (χ0v) is 32.3. The summed E-state index contributed by atoms with van der Waals surface area (Å²) in [7, 11) is 0. The first-order chi connectivity index (χ1) is 29.2. The first-order valence-electron chi connectivity index (χ1n) is 20.4. The Morgan fingerprint density at radius 2 is 0.678 bits per heavy atom. The fraction of sp³-hybridized carbons (Fsp3) is 0. The maximum Gasteiger partial charge on any atom is 0.0462 e. The first-order valence-corrected chi connectivity index (χ1v) is 20.4. The average Bonchev–Trinajstić information content (AvgIpc) is 3.63. The van der Waals surface area contributed by atoms with Gasteiger partial charge in [-0.25, -0.2) is 0 Å². The molecule has 0 saturated heterocycles. The second-order valence-electron chi connectivity index (χ2n) is 15.7. The number of hydrogen-bond donors (Lipinski definition) is 0. The van der Waals surface area contributed by atoms with Crippen LogP contribution in [0.25, 0.3) is 98.7 Å². The summed E-state index contributed by atoms with van der Waals surface area (Å²) in [6.07, 6.45) is 0. The predicted octanol–water partition coefficient (Wildman–Crippen LogP) is 16.4. The molecule has 11 aromatic rings. The zero-order valence-electron chi connectivity index (χ0n) is 32.3. The highest BCUT2D eigenvalue weighted by Crippen LogP contribution is 2.48. The largest absolute Gasteiger partial charge is 0.311 e. The standard InChI is InChI=1S/C58H37N/c1-3-13-50-40(8-1)10-5-15-52(50)42-24-32-49(33-25-42)59(47-28-20-38(21-29-47)44-26-34-53-46(36-44)19-18-41-9-2-4-14-51(41)53)48-30-22-39(23-31-48)45-27-35-54-55-16-6-11-43-12-7-17-56(58(43)55)57(54)37-45/h1-37H. The lowest BCUT2D eigenvalue weighted by atomic mass is 9.96. The molecule has 0 radical (unpaired) electrons. The van der Waals surface area contributed by atoms with Gasteiger partial charge < -0.3 is 4.90 Å². The van der Waals surface area contributed by atoms with Gasteiger partial charge in [0.15, 0.2) is 0 Å². The Balaban J connectivity index is 0.918. The molecule has 0 N–H and O–H groups in total. The normalized spacial score (nSPS) is 11.7. The minimum atomic E-state index is 1.11. The predicted molar refractivity (Wildman–Crippen MR) is 252 cm³/mol. The summed E-state index contributed by atoms with van der Waals surface area (Å²) in [6, 6.07) is 82.5. The van der Waals surface area contributed by atoms with E-state index in [9.17, 15) is 0 Å². The minimum absolute atomic E-state index is 1.11. The van der Waals surface area contributed by atoms with Crippen molar-refractivity contribution in [3.63, 3.8) is 0 Å². The van der Waals surface area contributed by atoms with Gasteiger partial charge >= 0.3 is 0 Å².